The van der Waals surface area contributed by atoms with Crippen LogP contribution in [0.3, 0.4) is 0 Å². The van der Waals surface area contributed by atoms with Gasteiger partial charge in [0.25, 0.3) is 5.91 Å². The average molecular weight is 405 g/mol. The number of nitrogens with one attached hydrogen (secondary N) is 1. The Morgan fingerprint density at radius 2 is 1.89 bits per heavy atom. The van der Waals surface area contributed by atoms with Crippen LogP contribution in [0.5, 0.6) is 5.75 Å². The van der Waals surface area contributed by atoms with Crippen molar-refractivity contribution in [3.63, 3.8) is 0 Å². The van der Waals surface area contributed by atoms with E-state index < -0.39 is 11.9 Å². The third-order valence-electron chi connectivity index (χ3n) is 3.24. The topological polar surface area (TPSA) is 99.4 Å². The van der Waals surface area contributed by atoms with Crippen LogP contribution in [0.1, 0.15) is 12.0 Å². The van der Waals surface area contributed by atoms with E-state index in [4.69, 9.17) is 33.0 Å². The number of hydrogen-bond acceptors (Lipinski definition) is 4. The van der Waals surface area contributed by atoms with Gasteiger partial charge in [0.05, 0.1) is 13.0 Å². The van der Waals surface area contributed by atoms with E-state index in [0.717, 1.165) is 0 Å². The van der Waals surface area contributed by atoms with E-state index in [1.165, 1.54) is 24.3 Å². The Hall–Kier alpha value is -3.01. The molecule has 0 radical (unpaired) electrons. The van der Waals surface area contributed by atoms with E-state index >= 15 is 0 Å². The molecule has 0 atom stereocenters. The lowest BCUT2D eigenvalue weighted by Crippen LogP contribution is -2.13. The lowest BCUT2D eigenvalue weighted by atomic mass is 10.1. The number of benzene rings is 2. The average Bonchev–Trinajstić information content (AvgIpc) is 2.58. The minimum Gasteiger partial charge on any atom is -0.493 e. The van der Waals surface area contributed by atoms with Crippen LogP contribution in [-0.2, 0) is 9.59 Å². The van der Waals surface area contributed by atoms with Crippen molar-refractivity contribution in [2.24, 2.45) is 0 Å². The number of nitrogens with zero attached hydrogens (tertiary/aromatic N) is 1. The maximum Gasteiger partial charge on any atom is 0.306 e. The molecule has 2 aromatic rings. The predicted molar refractivity (Wildman–Crippen MR) is 103 cm³/mol. The summed E-state index contributed by atoms with van der Waals surface area (Å²) in [6.45, 7) is 0.0175. The zero-order valence-corrected chi connectivity index (χ0v) is 15.4. The number of anilines is 1. The molecule has 6 nitrogen and oxygen atoms in total. The second-order valence-corrected chi connectivity index (χ2v) is 6.22. The number of carboxylic acid groups (broad SMARTS) is 1. The molecule has 8 heteroatoms. The second-order valence-electron chi connectivity index (χ2n) is 5.35. The fraction of sp³-hybridized carbons (Fsp3) is 0.105. The molecule has 0 spiro atoms. The van der Waals surface area contributed by atoms with E-state index in [0.29, 0.717) is 27.0 Å². The monoisotopic (exact) mass is 404 g/mol. The molecule has 2 aromatic carbocycles. The molecule has 0 heterocycles. The molecule has 1 amide bonds. The summed E-state index contributed by atoms with van der Waals surface area (Å²) in [6, 6.07) is 13.0. The van der Waals surface area contributed by atoms with Crippen molar-refractivity contribution in [2.75, 3.05) is 11.9 Å². The number of amides is 1. The predicted octanol–water partition coefficient (Wildman–Crippen LogP) is 4.39. The Morgan fingerprint density at radius 1 is 1.19 bits per heavy atom. The first-order valence-corrected chi connectivity index (χ1v) is 8.47. The van der Waals surface area contributed by atoms with E-state index in [-0.39, 0.29) is 18.6 Å². The van der Waals surface area contributed by atoms with Gasteiger partial charge in [-0.1, -0.05) is 35.3 Å². The first kappa shape index (κ1) is 20.3. The van der Waals surface area contributed by atoms with Gasteiger partial charge in [0.2, 0.25) is 0 Å². The number of carboxylic acids is 1. The summed E-state index contributed by atoms with van der Waals surface area (Å²) in [5, 5.41) is 21.2. The summed E-state index contributed by atoms with van der Waals surface area (Å²) in [6.07, 6.45) is 1.26. The fourth-order valence-corrected chi connectivity index (χ4v) is 2.62. The van der Waals surface area contributed by atoms with Gasteiger partial charge in [-0.3, -0.25) is 9.59 Å². The molecule has 0 aliphatic heterocycles. The maximum absolute atomic E-state index is 12.3. The second kappa shape index (κ2) is 9.62. The molecular weight excluding hydrogens is 391 g/mol. The molecule has 0 aromatic heterocycles. The van der Waals surface area contributed by atoms with Crippen molar-refractivity contribution >= 4 is 46.8 Å². The molecule has 0 saturated heterocycles. The smallest absolute Gasteiger partial charge is 0.306 e. The van der Waals surface area contributed by atoms with Crippen LogP contribution in [0.15, 0.2) is 48.0 Å². The number of ether oxygens (including phenoxy) is 1. The van der Waals surface area contributed by atoms with Crippen molar-refractivity contribution in [3.05, 3.63) is 63.6 Å². The summed E-state index contributed by atoms with van der Waals surface area (Å²) < 4.78 is 5.33. The van der Waals surface area contributed by atoms with Crippen LogP contribution < -0.4 is 10.1 Å². The van der Waals surface area contributed by atoms with Gasteiger partial charge in [-0.05, 0) is 42.0 Å². The number of aliphatic carboxylic acids is 1. The minimum absolute atomic E-state index is 0.0175. The van der Waals surface area contributed by atoms with E-state index in [1.54, 1.807) is 24.3 Å². The maximum atomic E-state index is 12.3. The molecule has 0 bridgehead atoms. The van der Waals surface area contributed by atoms with Gasteiger partial charge in [0.15, 0.2) is 0 Å². The van der Waals surface area contributed by atoms with Gasteiger partial charge in [-0.15, -0.1) is 0 Å². The van der Waals surface area contributed by atoms with Crippen molar-refractivity contribution in [2.45, 2.75) is 6.42 Å². The van der Waals surface area contributed by atoms with E-state index in [2.05, 4.69) is 5.32 Å². The SMILES string of the molecule is N#C/C(=C/c1cccc(OCCC(=O)O)c1)C(=O)Nc1cc(Cl)cc(Cl)c1. The number of nitriles is 1. The lowest BCUT2D eigenvalue weighted by Gasteiger charge is -2.07. The standard InChI is InChI=1S/C19H14Cl2N2O4/c20-14-8-15(21)10-16(9-14)23-19(26)13(11-22)6-12-2-1-3-17(7-12)27-5-4-18(24)25/h1-3,6-10H,4-5H2,(H,23,26)(H,24,25)/b13-6-. The Kier molecular flexibility index (Phi) is 7.24. The van der Waals surface area contributed by atoms with Gasteiger partial charge >= 0.3 is 5.97 Å². The largest absolute Gasteiger partial charge is 0.493 e. The Balaban J connectivity index is 2.13. The highest BCUT2D eigenvalue weighted by molar-refractivity contribution is 6.35. The number of carbonyl (C=O) groups is 2. The number of halogens is 2. The first-order valence-electron chi connectivity index (χ1n) is 7.71. The summed E-state index contributed by atoms with van der Waals surface area (Å²) >= 11 is 11.8. The highest BCUT2D eigenvalue weighted by atomic mass is 35.5. The van der Waals surface area contributed by atoms with E-state index in [1.807, 2.05) is 6.07 Å². The summed E-state index contributed by atoms with van der Waals surface area (Å²) in [5.74, 6) is -1.15. The highest BCUT2D eigenvalue weighted by Gasteiger charge is 2.11. The van der Waals surface area contributed by atoms with Gasteiger partial charge in [-0.25, -0.2) is 0 Å². The number of carbonyl (C=O) groups excluding carboxylic acids is 1. The molecule has 2 N–H and O–H groups in total. The Labute approximate surface area is 165 Å². The van der Waals surface area contributed by atoms with Crippen LogP contribution in [0, 0.1) is 11.3 Å². The molecule has 0 unspecified atom stereocenters. The zero-order valence-electron chi connectivity index (χ0n) is 13.9. The van der Waals surface area contributed by atoms with Crippen molar-refractivity contribution in [1.82, 2.24) is 0 Å². The molecule has 0 aliphatic rings. The van der Waals surface area contributed by atoms with Gasteiger partial charge in [0.1, 0.15) is 17.4 Å². The van der Waals surface area contributed by atoms with E-state index in [9.17, 15) is 14.9 Å². The van der Waals surface area contributed by atoms with Crippen molar-refractivity contribution in [1.29, 1.82) is 5.26 Å². The number of rotatable bonds is 7. The molecule has 2 rings (SSSR count). The summed E-state index contributed by atoms with van der Waals surface area (Å²) in [4.78, 5) is 22.8. The first-order chi connectivity index (χ1) is 12.9. The molecule has 138 valence electrons. The van der Waals surface area contributed by atoms with Crippen molar-refractivity contribution in [3.8, 4) is 11.8 Å². The zero-order chi connectivity index (χ0) is 19.8. The van der Waals surface area contributed by atoms with Crippen molar-refractivity contribution < 1.29 is 19.4 Å². The molecule has 0 aliphatic carbocycles. The van der Waals surface area contributed by atoms with Gasteiger partial charge in [-0.2, -0.15) is 5.26 Å². The van der Waals surface area contributed by atoms with Gasteiger partial charge in [0, 0.05) is 15.7 Å². The summed E-state index contributed by atoms with van der Waals surface area (Å²) in [5.41, 5.74) is 0.789. The fourth-order valence-electron chi connectivity index (χ4n) is 2.09. The van der Waals surface area contributed by atoms with Crippen LogP contribution in [-0.4, -0.2) is 23.6 Å². The Bertz CT molecular complexity index is 915. The quantitative estimate of drug-likeness (QED) is 0.526. The normalized spacial score (nSPS) is 10.8. The van der Waals surface area contributed by atoms with Gasteiger partial charge < -0.3 is 15.2 Å². The third kappa shape index (κ3) is 6.66. The molecule has 27 heavy (non-hydrogen) atoms. The lowest BCUT2D eigenvalue weighted by molar-refractivity contribution is -0.137. The summed E-state index contributed by atoms with van der Waals surface area (Å²) in [7, 11) is 0. The van der Waals surface area contributed by atoms with Crippen LogP contribution >= 0.6 is 23.2 Å². The molecule has 0 saturated carbocycles. The van der Waals surface area contributed by atoms with Crippen LogP contribution in [0.25, 0.3) is 6.08 Å². The highest BCUT2D eigenvalue weighted by Crippen LogP contribution is 2.23. The molecule has 0 fully saturated rings. The molecular formula is C19H14Cl2N2O4. The number of hydrogen-bond donors (Lipinski definition) is 2. The van der Waals surface area contributed by atoms with Crippen LogP contribution in [0.2, 0.25) is 10.0 Å². The third-order valence-corrected chi connectivity index (χ3v) is 3.68. The minimum atomic E-state index is -0.962. The van der Waals surface area contributed by atoms with Crippen LogP contribution in [0.4, 0.5) is 5.69 Å². The Morgan fingerprint density at radius 3 is 2.52 bits per heavy atom.